The predicted molar refractivity (Wildman–Crippen MR) is 92.9 cm³/mol. The molecule has 0 aliphatic rings. The summed E-state index contributed by atoms with van der Waals surface area (Å²) in [6, 6.07) is 0. The van der Waals surface area contributed by atoms with E-state index in [0.717, 1.165) is 12.8 Å². The number of aliphatic carboxylic acids is 1. The molecule has 25 heavy (non-hydrogen) atoms. The number of hydrogen-bond donors (Lipinski definition) is 1. The van der Waals surface area contributed by atoms with Gasteiger partial charge in [-0.25, -0.2) is 0 Å². The van der Waals surface area contributed by atoms with E-state index >= 15 is 0 Å². The molecule has 0 aromatic carbocycles. The van der Waals surface area contributed by atoms with Gasteiger partial charge in [-0.05, 0) is 6.42 Å². The number of carboxylic acids is 1. The van der Waals surface area contributed by atoms with Crippen molar-refractivity contribution >= 4 is 13.3 Å². The Morgan fingerprint density at radius 1 is 0.680 bits per heavy atom. The van der Waals surface area contributed by atoms with Gasteiger partial charge in [-0.2, -0.15) is 0 Å². The van der Waals surface area contributed by atoms with Crippen LogP contribution in [0.25, 0.3) is 0 Å². The van der Waals surface area contributed by atoms with Gasteiger partial charge < -0.3 is 20.2 Å². The molecule has 0 heterocycles. The van der Waals surface area contributed by atoms with E-state index in [1.165, 1.54) is 83.5 Å². The molecule has 0 saturated carbocycles. The van der Waals surface area contributed by atoms with Crippen molar-refractivity contribution in [2.75, 3.05) is 0 Å². The summed E-state index contributed by atoms with van der Waals surface area (Å²) in [6.45, 7) is 2.27. The van der Waals surface area contributed by atoms with Gasteiger partial charge in [0.1, 0.15) is 0 Å². The fourth-order valence-corrected chi connectivity index (χ4v) is 2.65. The van der Waals surface area contributed by atoms with E-state index in [1.54, 1.807) is 0 Å². The first-order valence-electron chi connectivity index (χ1n) is 9.70. The maximum atomic E-state index is 10.3. The Morgan fingerprint density at radius 2 is 0.920 bits per heavy atom. The van der Waals surface area contributed by atoms with Gasteiger partial charge in [0.25, 0.3) is 0 Å². The van der Waals surface area contributed by atoms with E-state index in [0.29, 0.717) is 6.42 Å². The smallest absolute Gasteiger partial charge is 0.907 e. The maximum absolute atomic E-state index is 10.3. The summed E-state index contributed by atoms with van der Waals surface area (Å²) in [4.78, 5) is 10.3. The van der Waals surface area contributed by atoms with Gasteiger partial charge >= 0.3 is 22.5 Å². The van der Waals surface area contributed by atoms with Gasteiger partial charge in [-0.3, -0.25) is 12.1 Å². The second kappa shape index (κ2) is 26.1. The van der Waals surface area contributed by atoms with Crippen LogP contribution in [-0.2, 0) is 21.3 Å². The molecule has 0 unspecified atom stereocenters. The minimum absolute atomic E-state index is 0. The molecule has 1 N–H and O–H groups in total. The first kappa shape index (κ1) is 29.7. The molecular formula is C18H36BNiO5. The Morgan fingerprint density at radius 3 is 1.16 bits per heavy atom. The topological polar surface area (TPSA) is 106 Å². The van der Waals surface area contributed by atoms with E-state index in [2.05, 4.69) is 6.92 Å². The van der Waals surface area contributed by atoms with Crippen molar-refractivity contribution in [2.45, 2.75) is 110 Å². The number of carboxylic acid groups (broad SMARTS) is 1. The Kier molecular flexibility index (Phi) is 31.0. The van der Waals surface area contributed by atoms with Gasteiger partial charge in [0.15, 0.2) is 0 Å². The summed E-state index contributed by atoms with van der Waals surface area (Å²) in [7, 11) is -2.92. The molecule has 0 saturated heterocycles. The van der Waals surface area contributed by atoms with Crippen LogP contribution in [0.3, 0.4) is 0 Å². The van der Waals surface area contributed by atoms with Crippen molar-refractivity contribution in [1.82, 2.24) is 0 Å². The fourth-order valence-electron chi connectivity index (χ4n) is 2.65. The van der Waals surface area contributed by atoms with Crippen molar-refractivity contribution in [3.8, 4) is 0 Å². The van der Waals surface area contributed by atoms with Crippen molar-refractivity contribution in [3.63, 3.8) is 0 Å². The molecular weight excluding hydrogens is 366 g/mol. The molecule has 0 aromatic rings. The number of rotatable bonds is 16. The van der Waals surface area contributed by atoms with Crippen LogP contribution in [0.2, 0.25) is 0 Å². The number of hydrogen-bond acceptors (Lipinski definition) is 4. The number of carbonyl (C=O) groups is 1. The third-order valence-electron chi connectivity index (χ3n) is 3.99. The molecule has 0 aromatic heterocycles. The van der Waals surface area contributed by atoms with Crippen LogP contribution in [0.5, 0.6) is 0 Å². The van der Waals surface area contributed by atoms with Crippen LogP contribution in [-0.4, -0.2) is 18.4 Å². The van der Waals surface area contributed by atoms with Crippen molar-refractivity contribution in [3.05, 3.63) is 0 Å². The number of unbranched alkanes of at least 4 members (excludes halogenated alkanes) is 14. The predicted octanol–water partition coefficient (Wildman–Crippen LogP) is 2.38. The van der Waals surface area contributed by atoms with E-state index in [9.17, 15) is 4.79 Å². The Hall–Kier alpha value is -0.0916. The zero-order valence-corrected chi connectivity index (χ0v) is 16.8. The molecule has 5 nitrogen and oxygen atoms in total. The molecule has 151 valence electrons. The summed E-state index contributed by atoms with van der Waals surface area (Å²) >= 11 is 0. The zero-order chi connectivity index (χ0) is 18.5. The minimum Gasteiger partial charge on any atom is -0.907 e. The average molecular weight is 402 g/mol. The van der Waals surface area contributed by atoms with Crippen molar-refractivity contribution < 1.29 is 41.5 Å². The molecule has 0 aliphatic heterocycles. The van der Waals surface area contributed by atoms with Crippen molar-refractivity contribution in [2.24, 2.45) is 0 Å². The van der Waals surface area contributed by atoms with Crippen LogP contribution >= 0.6 is 0 Å². The molecule has 7 heteroatoms. The molecule has 1 radical (unpaired) electrons. The molecule has 0 bridgehead atoms. The summed E-state index contributed by atoms with van der Waals surface area (Å²) in [5.41, 5.74) is 0. The van der Waals surface area contributed by atoms with E-state index < -0.39 is 13.3 Å². The molecule has 0 fully saturated rings. The first-order chi connectivity index (χ1) is 11.5. The van der Waals surface area contributed by atoms with Gasteiger partial charge in [0.2, 0.25) is 0 Å². The van der Waals surface area contributed by atoms with Gasteiger partial charge in [0.05, 0.1) is 0 Å². The molecule has 0 atom stereocenters. The molecule has 0 rings (SSSR count). The van der Waals surface area contributed by atoms with Crippen LogP contribution < -0.4 is 15.1 Å². The average Bonchev–Trinajstić information content (AvgIpc) is 2.50. The monoisotopic (exact) mass is 401 g/mol. The Balaban J connectivity index is -0.000000867. The van der Waals surface area contributed by atoms with Gasteiger partial charge in [-0.15, -0.1) is 0 Å². The van der Waals surface area contributed by atoms with E-state index in [4.69, 9.17) is 20.2 Å². The summed E-state index contributed by atoms with van der Waals surface area (Å²) in [5.74, 6) is -0.653. The van der Waals surface area contributed by atoms with Crippen LogP contribution in [0, 0.1) is 0 Å². The normalized spacial score (nSPS) is 9.76. The summed E-state index contributed by atoms with van der Waals surface area (Å²) in [5, 5.41) is 33.8. The van der Waals surface area contributed by atoms with Crippen LogP contribution in [0.4, 0.5) is 0 Å². The summed E-state index contributed by atoms with van der Waals surface area (Å²) in [6.07, 6.45) is 20.2. The zero-order valence-electron chi connectivity index (χ0n) is 15.8. The SMILES string of the molecule is CCCCCCCCCCCCCCCCCC(=O)O.[Ni+3].[O-]B([O-])[O-]. The largest absolute Gasteiger partial charge is 3.00 e. The van der Waals surface area contributed by atoms with Crippen molar-refractivity contribution in [1.29, 1.82) is 0 Å². The first-order valence-corrected chi connectivity index (χ1v) is 9.70. The standard InChI is InChI=1S/C18H36O2.BO3.Ni/c1-2-3-4-5-6-7-8-9-10-11-12-13-14-15-16-17-18(19)20;2-1(3)4;/h2-17H2,1H3,(H,19,20);;/q;-3;+3. The summed E-state index contributed by atoms with van der Waals surface area (Å²) < 4.78 is 0. The maximum Gasteiger partial charge on any atom is 3.00 e. The second-order valence-electron chi connectivity index (χ2n) is 6.38. The van der Waals surface area contributed by atoms with Gasteiger partial charge in [-0.1, -0.05) is 96.8 Å². The van der Waals surface area contributed by atoms with Crippen LogP contribution in [0.1, 0.15) is 110 Å². The third kappa shape index (κ3) is 40.1. The third-order valence-corrected chi connectivity index (χ3v) is 3.99. The Labute approximate surface area is 164 Å². The molecule has 0 aliphatic carbocycles. The van der Waals surface area contributed by atoms with E-state index in [1.807, 2.05) is 0 Å². The minimum atomic E-state index is -2.92. The quantitative estimate of drug-likeness (QED) is 0.315. The Bertz CT molecular complexity index is 253. The second-order valence-corrected chi connectivity index (χ2v) is 6.38. The van der Waals surface area contributed by atoms with Gasteiger partial charge in [0, 0.05) is 6.42 Å². The fraction of sp³-hybridized carbons (Fsp3) is 0.944. The molecule has 0 spiro atoms. The van der Waals surface area contributed by atoms with E-state index in [-0.39, 0.29) is 16.5 Å². The molecule has 0 amide bonds. The van der Waals surface area contributed by atoms with Crippen LogP contribution in [0.15, 0.2) is 0 Å².